The average molecular weight is 189 g/mol. The van der Waals surface area contributed by atoms with Crippen LogP contribution < -0.4 is 5.73 Å². The summed E-state index contributed by atoms with van der Waals surface area (Å²) >= 11 is 0. The molecule has 0 aliphatic carbocycles. The highest BCUT2D eigenvalue weighted by Gasteiger charge is 2.23. The first-order chi connectivity index (χ1) is 5.86. The first-order valence-corrected chi connectivity index (χ1v) is 4.52. The van der Waals surface area contributed by atoms with Gasteiger partial charge < -0.3 is 15.9 Å². The summed E-state index contributed by atoms with van der Waals surface area (Å²) in [6.45, 7) is 5.37. The smallest absolute Gasteiger partial charge is 0.306 e. The standard InChI is InChI=1S/C9H19NO3/c1-5(2)8(10)7(11)4-6(3)9(12)13/h5-8,11H,4,10H2,1-3H3,(H,12,13). The zero-order valence-corrected chi connectivity index (χ0v) is 8.40. The van der Waals surface area contributed by atoms with Gasteiger partial charge >= 0.3 is 5.97 Å². The lowest BCUT2D eigenvalue weighted by atomic mass is 9.93. The molecule has 0 heterocycles. The first-order valence-electron chi connectivity index (χ1n) is 4.52. The molecule has 0 aromatic carbocycles. The van der Waals surface area contributed by atoms with Gasteiger partial charge in [-0.3, -0.25) is 4.79 Å². The van der Waals surface area contributed by atoms with Crippen LogP contribution in [0.25, 0.3) is 0 Å². The Labute approximate surface area is 78.7 Å². The molecule has 0 aliphatic rings. The molecule has 0 rings (SSSR count). The number of aliphatic hydroxyl groups is 1. The maximum Gasteiger partial charge on any atom is 0.306 e. The molecule has 0 amide bonds. The van der Waals surface area contributed by atoms with Gasteiger partial charge in [0, 0.05) is 6.04 Å². The van der Waals surface area contributed by atoms with Gasteiger partial charge in [0.05, 0.1) is 12.0 Å². The van der Waals surface area contributed by atoms with E-state index in [0.29, 0.717) is 0 Å². The molecule has 3 atom stereocenters. The Hall–Kier alpha value is -0.610. The Morgan fingerprint density at radius 1 is 1.38 bits per heavy atom. The maximum atomic E-state index is 10.5. The van der Waals surface area contributed by atoms with Crippen molar-refractivity contribution in [1.29, 1.82) is 0 Å². The average Bonchev–Trinajstić information content (AvgIpc) is 2.02. The quantitative estimate of drug-likeness (QED) is 0.586. The van der Waals surface area contributed by atoms with E-state index in [2.05, 4.69) is 0 Å². The second kappa shape index (κ2) is 5.19. The number of aliphatic carboxylic acids is 1. The van der Waals surface area contributed by atoms with Gasteiger partial charge in [-0.1, -0.05) is 20.8 Å². The van der Waals surface area contributed by atoms with Crippen LogP contribution >= 0.6 is 0 Å². The summed E-state index contributed by atoms with van der Waals surface area (Å²) in [5.74, 6) is -1.27. The summed E-state index contributed by atoms with van der Waals surface area (Å²) in [7, 11) is 0. The van der Waals surface area contributed by atoms with Crippen molar-refractivity contribution < 1.29 is 15.0 Å². The van der Waals surface area contributed by atoms with Crippen LogP contribution in [0, 0.1) is 11.8 Å². The van der Waals surface area contributed by atoms with Crippen LogP contribution in [0.4, 0.5) is 0 Å². The van der Waals surface area contributed by atoms with Gasteiger partial charge in [0.1, 0.15) is 0 Å². The molecule has 0 radical (unpaired) electrons. The van der Waals surface area contributed by atoms with E-state index in [1.165, 1.54) is 0 Å². The number of carbonyl (C=O) groups is 1. The molecule has 0 aromatic rings. The topological polar surface area (TPSA) is 83.5 Å². The number of nitrogens with two attached hydrogens (primary N) is 1. The molecule has 0 aromatic heterocycles. The Balaban J connectivity index is 3.99. The summed E-state index contributed by atoms with van der Waals surface area (Å²) in [5.41, 5.74) is 5.67. The van der Waals surface area contributed by atoms with Gasteiger partial charge in [-0.15, -0.1) is 0 Å². The highest BCUT2D eigenvalue weighted by molar-refractivity contribution is 5.69. The minimum atomic E-state index is -0.894. The van der Waals surface area contributed by atoms with Crippen molar-refractivity contribution in [3.63, 3.8) is 0 Å². The molecule has 13 heavy (non-hydrogen) atoms. The van der Waals surface area contributed by atoms with Crippen molar-refractivity contribution in [3.8, 4) is 0 Å². The number of aliphatic hydroxyl groups excluding tert-OH is 1. The third kappa shape index (κ3) is 4.24. The van der Waals surface area contributed by atoms with E-state index in [-0.39, 0.29) is 18.4 Å². The molecule has 4 nitrogen and oxygen atoms in total. The Kier molecular flexibility index (Phi) is 4.95. The predicted molar refractivity (Wildman–Crippen MR) is 50.2 cm³/mol. The van der Waals surface area contributed by atoms with E-state index in [4.69, 9.17) is 10.8 Å². The van der Waals surface area contributed by atoms with E-state index >= 15 is 0 Å². The molecule has 4 N–H and O–H groups in total. The lowest BCUT2D eigenvalue weighted by Gasteiger charge is -2.23. The second-order valence-electron chi connectivity index (χ2n) is 3.86. The fourth-order valence-electron chi connectivity index (χ4n) is 1.06. The van der Waals surface area contributed by atoms with Gasteiger partial charge in [0.2, 0.25) is 0 Å². The zero-order valence-electron chi connectivity index (χ0n) is 8.40. The van der Waals surface area contributed by atoms with Crippen LogP contribution in [0.5, 0.6) is 0 Å². The molecule has 0 aliphatic heterocycles. The number of carboxylic acids is 1. The Morgan fingerprint density at radius 2 is 1.85 bits per heavy atom. The molecule has 0 bridgehead atoms. The van der Waals surface area contributed by atoms with Crippen molar-refractivity contribution >= 4 is 5.97 Å². The van der Waals surface area contributed by atoms with Crippen molar-refractivity contribution in [2.45, 2.75) is 39.3 Å². The fourth-order valence-corrected chi connectivity index (χ4v) is 1.06. The molecular formula is C9H19NO3. The van der Waals surface area contributed by atoms with E-state index in [1.54, 1.807) is 6.92 Å². The molecule has 0 fully saturated rings. The lowest BCUT2D eigenvalue weighted by Crippen LogP contribution is -2.40. The summed E-state index contributed by atoms with van der Waals surface area (Å²) < 4.78 is 0. The van der Waals surface area contributed by atoms with Crippen molar-refractivity contribution in [2.24, 2.45) is 17.6 Å². The van der Waals surface area contributed by atoms with Gasteiger partial charge in [-0.2, -0.15) is 0 Å². The molecule has 0 saturated heterocycles. The van der Waals surface area contributed by atoms with Crippen molar-refractivity contribution in [2.75, 3.05) is 0 Å². The number of carboxylic acid groups (broad SMARTS) is 1. The minimum Gasteiger partial charge on any atom is -0.481 e. The van der Waals surface area contributed by atoms with Gasteiger partial charge in [0.25, 0.3) is 0 Å². The van der Waals surface area contributed by atoms with Gasteiger partial charge in [0.15, 0.2) is 0 Å². The lowest BCUT2D eigenvalue weighted by molar-refractivity contribution is -0.142. The number of hydrogen-bond donors (Lipinski definition) is 3. The van der Waals surface area contributed by atoms with Crippen LogP contribution in [0.15, 0.2) is 0 Å². The van der Waals surface area contributed by atoms with Crippen LogP contribution in [0.1, 0.15) is 27.2 Å². The Morgan fingerprint density at radius 3 is 2.15 bits per heavy atom. The molecule has 3 unspecified atom stereocenters. The molecule has 4 heteroatoms. The molecular weight excluding hydrogens is 170 g/mol. The normalized spacial score (nSPS) is 18.3. The predicted octanol–water partition coefficient (Wildman–Crippen LogP) is 0.441. The van der Waals surface area contributed by atoms with E-state index in [1.807, 2.05) is 13.8 Å². The van der Waals surface area contributed by atoms with Crippen LogP contribution in [-0.2, 0) is 4.79 Å². The minimum absolute atomic E-state index is 0.163. The third-order valence-electron chi connectivity index (χ3n) is 2.23. The maximum absolute atomic E-state index is 10.5. The monoisotopic (exact) mass is 189 g/mol. The molecule has 78 valence electrons. The second-order valence-corrected chi connectivity index (χ2v) is 3.86. The Bertz CT molecular complexity index is 170. The van der Waals surface area contributed by atoms with Gasteiger partial charge in [-0.25, -0.2) is 0 Å². The zero-order chi connectivity index (χ0) is 10.6. The molecule has 0 saturated carbocycles. The van der Waals surface area contributed by atoms with Gasteiger partial charge in [-0.05, 0) is 12.3 Å². The number of hydrogen-bond acceptors (Lipinski definition) is 3. The van der Waals surface area contributed by atoms with Crippen LogP contribution in [0.3, 0.4) is 0 Å². The highest BCUT2D eigenvalue weighted by Crippen LogP contribution is 2.12. The third-order valence-corrected chi connectivity index (χ3v) is 2.23. The summed E-state index contributed by atoms with van der Waals surface area (Å²) in [4.78, 5) is 10.5. The van der Waals surface area contributed by atoms with E-state index in [0.717, 1.165) is 0 Å². The van der Waals surface area contributed by atoms with Crippen molar-refractivity contribution in [1.82, 2.24) is 0 Å². The van der Waals surface area contributed by atoms with Crippen molar-refractivity contribution in [3.05, 3.63) is 0 Å². The molecule has 0 spiro atoms. The number of rotatable bonds is 5. The van der Waals surface area contributed by atoms with E-state index < -0.39 is 18.0 Å². The SMILES string of the molecule is CC(CC(O)C(N)C(C)C)C(=O)O. The van der Waals surface area contributed by atoms with Crippen LogP contribution in [-0.4, -0.2) is 28.3 Å². The summed E-state index contributed by atoms with van der Waals surface area (Å²) in [6.07, 6.45) is -0.514. The fraction of sp³-hybridized carbons (Fsp3) is 0.889. The first kappa shape index (κ1) is 12.4. The summed E-state index contributed by atoms with van der Waals surface area (Å²) in [6, 6.07) is -0.346. The van der Waals surface area contributed by atoms with E-state index in [9.17, 15) is 9.90 Å². The largest absolute Gasteiger partial charge is 0.481 e. The highest BCUT2D eigenvalue weighted by atomic mass is 16.4. The summed E-state index contributed by atoms with van der Waals surface area (Å²) in [5, 5.41) is 18.1. The van der Waals surface area contributed by atoms with Crippen LogP contribution in [0.2, 0.25) is 0 Å².